The van der Waals surface area contributed by atoms with E-state index in [4.69, 9.17) is 0 Å². The molecule has 0 amide bonds. The smallest absolute Gasteiger partial charge is 0.269 e. The van der Waals surface area contributed by atoms with Gasteiger partial charge in [-0.15, -0.1) is 10.2 Å². The van der Waals surface area contributed by atoms with Gasteiger partial charge in [0.1, 0.15) is 5.82 Å². The lowest BCUT2D eigenvalue weighted by molar-refractivity contribution is -0.384. The van der Waals surface area contributed by atoms with Gasteiger partial charge in [0.25, 0.3) is 5.69 Å². The van der Waals surface area contributed by atoms with Crippen LogP contribution in [0.25, 0.3) is 0 Å². The van der Waals surface area contributed by atoms with Crippen molar-refractivity contribution in [1.29, 1.82) is 0 Å². The zero-order valence-electron chi connectivity index (χ0n) is 13.2. The van der Waals surface area contributed by atoms with Crippen molar-refractivity contribution in [1.82, 2.24) is 20.1 Å². The van der Waals surface area contributed by atoms with E-state index >= 15 is 0 Å². The van der Waals surface area contributed by atoms with Crippen LogP contribution < -0.4 is 5.32 Å². The van der Waals surface area contributed by atoms with E-state index in [-0.39, 0.29) is 10.6 Å². The number of nitrogens with zero attached hydrogens (tertiary/aromatic N) is 4. The molecule has 2 aromatic rings. The van der Waals surface area contributed by atoms with Crippen LogP contribution in [0.4, 0.5) is 5.69 Å². The van der Waals surface area contributed by atoms with Crippen molar-refractivity contribution in [2.45, 2.75) is 47.7 Å². The minimum atomic E-state index is -0.380. The molecule has 1 atom stereocenters. The first-order valence-electron chi connectivity index (χ1n) is 8.30. The SMILES string of the molecule is O=[N+]([O-])c1ccc(Sc2nnc(C3CCCNC3)n2C2CC2)cc1. The van der Waals surface area contributed by atoms with Crippen LogP contribution >= 0.6 is 11.8 Å². The lowest BCUT2D eigenvalue weighted by Gasteiger charge is -2.22. The van der Waals surface area contributed by atoms with Crippen LogP contribution in [0.3, 0.4) is 0 Å². The van der Waals surface area contributed by atoms with Gasteiger partial charge in [-0.05, 0) is 56.1 Å². The molecule has 0 spiro atoms. The molecule has 1 saturated carbocycles. The Balaban J connectivity index is 1.58. The molecule has 1 unspecified atom stereocenters. The number of rotatable bonds is 5. The quantitative estimate of drug-likeness (QED) is 0.662. The maximum Gasteiger partial charge on any atom is 0.269 e. The maximum absolute atomic E-state index is 10.8. The molecule has 1 saturated heterocycles. The van der Waals surface area contributed by atoms with Crippen molar-refractivity contribution in [3.8, 4) is 0 Å². The monoisotopic (exact) mass is 345 g/mol. The number of non-ortho nitro benzene ring substituents is 1. The second-order valence-electron chi connectivity index (χ2n) is 6.34. The van der Waals surface area contributed by atoms with Crippen molar-refractivity contribution in [2.75, 3.05) is 13.1 Å². The van der Waals surface area contributed by atoms with Gasteiger partial charge < -0.3 is 9.88 Å². The minimum Gasteiger partial charge on any atom is -0.316 e. The Morgan fingerprint density at radius 3 is 2.62 bits per heavy atom. The fraction of sp³-hybridized carbons (Fsp3) is 0.500. The molecule has 2 heterocycles. The predicted molar refractivity (Wildman–Crippen MR) is 90.4 cm³/mol. The molecule has 8 heteroatoms. The van der Waals surface area contributed by atoms with E-state index in [2.05, 4.69) is 20.1 Å². The molecule has 2 fully saturated rings. The number of nitrogens with one attached hydrogen (secondary N) is 1. The van der Waals surface area contributed by atoms with E-state index in [0.29, 0.717) is 12.0 Å². The molecule has 2 aliphatic rings. The first-order chi connectivity index (χ1) is 11.7. The zero-order valence-corrected chi connectivity index (χ0v) is 14.0. The number of benzene rings is 1. The maximum atomic E-state index is 10.8. The van der Waals surface area contributed by atoms with Crippen LogP contribution in [0, 0.1) is 10.1 Å². The van der Waals surface area contributed by atoms with E-state index < -0.39 is 0 Å². The average Bonchev–Trinajstić information content (AvgIpc) is 3.37. The Labute approximate surface area is 144 Å². The Bertz CT molecular complexity index is 735. The van der Waals surface area contributed by atoms with Crippen LogP contribution in [-0.4, -0.2) is 32.8 Å². The molecule has 1 aromatic carbocycles. The van der Waals surface area contributed by atoms with Crippen LogP contribution in [0.5, 0.6) is 0 Å². The normalized spacial score (nSPS) is 20.9. The highest BCUT2D eigenvalue weighted by Crippen LogP contribution is 2.42. The molecule has 126 valence electrons. The molecular formula is C16H19N5O2S. The highest BCUT2D eigenvalue weighted by Gasteiger charge is 2.33. The molecule has 7 nitrogen and oxygen atoms in total. The highest BCUT2D eigenvalue weighted by molar-refractivity contribution is 7.99. The summed E-state index contributed by atoms with van der Waals surface area (Å²) >= 11 is 1.53. The Kier molecular flexibility index (Phi) is 4.24. The number of aromatic nitrogens is 3. The minimum absolute atomic E-state index is 0.108. The lowest BCUT2D eigenvalue weighted by Crippen LogP contribution is -2.30. The molecular weight excluding hydrogens is 326 g/mol. The van der Waals surface area contributed by atoms with Gasteiger partial charge in [0.15, 0.2) is 5.16 Å². The van der Waals surface area contributed by atoms with Gasteiger partial charge in [0.2, 0.25) is 0 Å². The van der Waals surface area contributed by atoms with Gasteiger partial charge in [-0.2, -0.15) is 0 Å². The van der Waals surface area contributed by atoms with Crippen molar-refractivity contribution >= 4 is 17.4 Å². The molecule has 0 bridgehead atoms. The van der Waals surface area contributed by atoms with Gasteiger partial charge >= 0.3 is 0 Å². The van der Waals surface area contributed by atoms with E-state index in [1.807, 2.05) is 0 Å². The van der Waals surface area contributed by atoms with Crippen molar-refractivity contribution in [2.24, 2.45) is 0 Å². The summed E-state index contributed by atoms with van der Waals surface area (Å²) in [4.78, 5) is 11.3. The summed E-state index contributed by atoms with van der Waals surface area (Å²) in [6.45, 7) is 2.05. The summed E-state index contributed by atoms with van der Waals surface area (Å²) < 4.78 is 2.30. The Morgan fingerprint density at radius 2 is 2.00 bits per heavy atom. The largest absolute Gasteiger partial charge is 0.316 e. The molecule has 1 aliphatic carbocycles. The van der Waals surface area contributed by atoms with Crippen molar-refractivity contribution < 1.29 is 4.92 Å². The van der Waals surface area contributed by atoms with Gasteiger partial charge in [0.05, 0.1) is 4.92 Å². The van der Waals surface area contributed by atoms with E-state index in [9.17, 15) is 10.1 Å². The molecule has 24 heavy (non-hydrogen) atoms. The third kappa shape index (κ3) is 3.16. The third-order valence-electron chi connectivity index (χ3n) is 4.52. The van der Waals surface area contributed by atoms with Gasteiger partial charge in [-0.3, -0.25) is 10.1 Å². The van der Waals surface area contributed by atoms with E-state index in [0.717, 1.165) is 35.4 Å². The van der Waals surface area contributed by atoms with Crippen LogP contribution in [0.1, 0.15) is 43.5 Å². The Hall–Kier alpha value is -1.93. The number of hydrogen-bond donors (Lipinski definition) is 1. The molecule has 1 aliphatic heterocycles. The number of hydrogen-bond acceptors (Lipinski definition) is 6. The summed E-state index contributed by atoms with van der Waals surface area (Å²) in [7, 11) is 0. The van der Waals surface area contributed by atoms with Crippen LogP contribution in [-0.2, 0) is 0 Å². The average molecular weight is 345 g/mol. The summed E-state index contributed by atoms with van der Waals surface area (Å²) in [6, 6.07) is 7.13. The Morgan fingerprint density at radius 1 is 1.21 bits per heavy atom. The number of piperidine rings is 1. The summed E-state index contributed by atoms with van der Waals surface area (Å²) in [5.74, 6) is 1.52. The van der Waals surface area contributed by atoms with Gasteiger partial charge in [-0.1, -0.05) is 0 Å². The second-order valence-corrected chi connectivity index (χ2v) is 7.38. The molecule has 4 rings (SSSR count). The molecule has 1 N–H and O–H groups in total. The van der Waals surface area contributed by atoms with Crippen LogP contribution in [0.15, 0.2) is 34.3 Å². The van der Waals surface area contributed by atoms with E-state index in [1.54, 1.807) is 12.1 Å². The molecule has 1 aromatic heterocycles. The highest BCUT2D eigenvalue weighted by atomic mass is 32.2. The lowest BCUT2D eigenvalue weighted by atomic mass is 9.99. The van der Waals surface area contributed by atoms with Gasteiger partial charge in [-0.25, -0.2) is 0 Å². The fourth-order valence-corrected chi connectivity index (χ4v) is 4.03. The first kappa shape index (κ1) is 15.6. The second kappa shape index (κ2) is 6.52. The first-order valence-corrected chi connectivity index (χ1v) is 9.12. The third-order valence-corrected chi connectivity index (χ3v) is 5.49. The zero-order chi connectivity index (χ0) is 16.5. The number of nitro benzene ring substituents is 1. The number of nitro groups is 1. The summed E-state index contributed by atoms with van der Waals surface area (Å²) in [5, 5.41) is 24.0. The summed E-state index contributed by atoms with van der Waals surface area (Å²) in [6.07, 6.45) is 4.69. The van der Waals surface area contributed by atoms with Crippen LogP contribution in [0.2, 0.25) is 0 Å². The van der Waals surface area contributed by atoms with E-state index in [1.165, 1.54) is 43.2 Å². The van der Waals surface area contributed by atoms with Gasteiger partial charge in [0, 0.05) is 35.5 Å². The fourth-order valence-electron chi connectivity index (χ4n) is 3.13. The van der Waals surface area contributed by atoms with Crippen molar-refractivity contribution in [3.63, 3.8) is 0 Å². The van der Waals surface area contributed by atoms with Crippen molar-refractivity contribution in [3.05, 3.63) is 40.2 Å². The molecule has 0 radical (unpaired) electrons. The predicted octanol–water partition coefficient (Wildman–Crippen LogP) is 3.14. The standard InChI is InChI=1S/C16H19N5O2S/c22-21(23)13-5-7-14(8-6-13)24-16-19-18-15(20(16)12-3-4-12)11-2-1-9-17-10-11/h5-8,11-12,17H,1-4,9-10H2. The topological polar surface area (TPSA) is 85.9 Å². The summed E-state index contributed by atoms with van der Waals surface area (Å²) in [5.41, 5.74) is 0.108.